The van der Waals surface area contributed by atoms with Crippen LogP contribution in [0.15, 0.2) is 51.9 Å². The van der Waals surface area contributed by atoms with Crippen LogP contribution in [0.1, 0.15) is 21.7 Å². The maximum absolute atomic E-state index is 12.2. The maximum atomic E-state index is 12.2. The fourth-order valence-corrected chi connectivity index (χ4v) is 3.22. The van der Waals surface area contributed by atoms with Gasteiger partial charge in [-0.3, -0.25) is 0 Å². The first-order valence-corrected chi connectivity index (χ1v) is 9.60. The predicted molar refractivity (Wildman–Crippen MR) is 98.0 cm³/mol. The van der Waals surface area contributed by atoms with Crippen LogP contribution in [0.2, 0.25) is 0 Å². The van der Waals surface area contributed by atoms with Crippen LogP contribution < -0.4 is 9.88 Å². The Morgan fingerprint density at radius 3 is 2.54 bits per heavy atom. The fraction of sp³-hybridized carbons (Fsp3) is 0.167. The van der Waals surface area contributed by atoms with Gasteiger partial charge in [0, 0.05) is 5.56 Å². The van der Waals surface area contributed by atoms with Crippen LogP contribution in [-0.2, 0) is 21.4 Å². The number of nitrogens with zero attached hydrogens (tertiary/aromatic N) is 2. The number of rotatable bonds is 6. The number of hydrogen-bond donors (Lipinski definition) is 1. The highest BCUT2D eigenvalue weighted by atomic mass is 32.2. The summed E-state index contributed by atoms with van der Waals surface area (Å²) in [7, 11) is -2.38. The number of carbonyl (C=O) groups is 1. The van der Waals surface area contributed by atoms with Crippen LogP contribution in [0, 0.1) is 6.92 Å². The number of benzene rings is 2. The molecule has 0 spiro atoms. The summed E-state index contributed by atoms with van der Waals surface area (Å²) in [6.07, 6.45) is 0. The van der Waals surface area contributed by atoms with E-state index in [4.69, 9.17) is 19.1 Å². The molecule has 3 rings (SSSR count). The minimum absolute atomic E-state index is 0.0495. The quantitative estimate of drug-likeness (QED) is 0.618. The number of hydrogen-bond acceptors (Lipinski definition) is 8. The number of esters is 1. The molecule has 1 heterocycles. The number of sulfonamides is 1. The lowest BCUT2D eigenvalue weighted by Crippen LogP contribution is -2.15. The van der Waals surface area contributed by atoms with Gasteiger partial charge >= 0.3 is 5.97 Å². The van der Waals surface area contributed by atoms with Crippen LogP contribution in [0.25, 0.3) is 11.5 Å². The Labute approximate surface area is 161 Å². The summed E-state index contributed by atoms with van der Waals surface area (Å²) in [6, 6.07) is 11.1. The molecule has 9 nitrogen and oxygen atoms in total. The lowest BCUT2D eigenvalue weighted by molar-refractivity contribution is 0.0459. The zero-order valence-electron chi connectivity index (χ0n) is 15.1. The second-order valence-corrected chi connectivity index (χ2v) is 7.38. The Morgan fingerprint density at radius 1 is 1.18 bits per heavy atom. The summed E-state index contributed by atoms with van der Waals surface area (Å²) in [4.78, 5) is 16.2. The predicted octanol–water partition coefficient (Wildman–Crippen LogP) is 2.06. The fourth-order valence-electron chi connectivity index (χ4n) is 2.41. The van der Waals surface area contributed by atoms with E-state index in [1.807, 2.05) is 0 Å². The molecule has 2 N–H and O–H groups in total. The first-order chi connectivity index (χ1) is 13.3. The van der Waals surface area contributed by atoms with E-state index in [0.29, 0.717) is 16.9 Å². The van der Waals surface area contributed by atoms with Crippen molar-refractivity contribution < 1.29 is 27.2 Å². The van der Waals surface area contributed by atoms with E-state index in [9.17, 15) is 13.2 Å². The highest BCUT2D eigenvalue weighted by Gasteiger charge is 2.17. The highest BCUT2D eigenvalue weighted by Crippen LogP contribution is 2.21. The average Bonchev–Trinajstić information content (AvgIpc) is 3.14. The lowest BCUT2D eigenvalue weighted by Gasteiger charge is -2.06. The maximum Gasteiger partial charge on any atom is 0.338 e. The molecule has 0 saturated heterocycles. The standard InChI is InChI=1S/C18H17N3O6S/c1-11-3-4-13(9-15(11)28(19,23)24)18(22)26-10-16-20-17(27-21-16)12-5-7-14(25-2)8-6-12/h3-9H,10H2,1-2H3,(H2,19,23,24). The van der Waals surface area contributed by atoms with Crippen molar-refractivity contribution in [1.82, 2.24) is 10.1 Å². The van der Waals surface area contributed by atoms with E-state index in [2.05, 4.69) is 10.1 Å². The van der Waals surface area contributed by atoms with Gasteiger partial charge in [0.05, 0.1) is 17.6 Å². The van der Waals surface area contributed by atoms with Gasteiger partial charge in [-0.25, -0.2) is 18.4 Å². The van der Waals surface area contributed by atoms with Crippen molar-refractivity contribution in [1.29, 1.82) is 0 Å². The molecule has 0 aliphatic rings. The van der Waals surface area contributed by atoms with Crippen LogP contribution in [0.4, 0.5) is 0 Å². The summed E-state index contributed by atoms with van der Waals surface area (Å²) in [5, 5.41) is 8.91. The molecule has 1 aromatic heterocycles. The van der Waals surface area contributed by atoms with Gasteiger partial charge in [0.1, 0.15) is 5.75 Å². The molecule has 3 aromatic rings. The van der Waals surface area contributed by atoms with Crippen molar-refractivity contribution in [2.75, 3.05) is 7.11 Å². The van der Waals surface area contributed by atoms with Crippen LogP contribution in [0.5, 0.6) is 5.75 Å². The van der Waals surface area contributed by atoms with Gasteiger partial charge < -0.3 is 14.0 Å². The minimum atomic E-state index is -3.95. The molecular formula is C18H17N3O6S. The van der Waals surface area contributed by atoms with Gasteiger partial charge in [-0.15, -0.1) is 0 Å². The van der Waals surface area contributed by atoms with Crippen molar-refractivity contribution in [2.45, 2.75) is 18.4 Å². The van der Waals surface area contributed by atoms with Crippen LogP contribution in [0.3, 0.4) is 0 Å². The summed E-state index contributed by atoms with van der Waals surface area (Å²) in [5.41, 5.74) is 1.16. The number of ether oxygens (including phenoxy) is 2. The third-order valence-corrected chi connectivity index (χ3v) is 4.92. The molecule has 0 atom stereocenters. The smallest absolute Gasteiger partial charge is 0.338 e. The number of methoxy groups -OCH3 is 1. The SMILES string of the molecule is COc1ccc(-c2nc(COC(=O)c3ccc(C)c(S(N)(=O)=O)c3)no2)cc1. The number of nitrogens with two attached hydrogens (primary N) is 1. The number of primary sulfonamides is 1. The minimum Gasteiger partial charge on any atom is -0.497 e. The Hall–Kier alpha value is -3.24. The summed E-state index contributed by atoms with van der Waals surface area (Å²) < 4.78 is 38.5. The molecule has 10 heteroatoms. The van der Waals surface area contributed by atoms with Crippen LogP contribution >= 0.6 is 0 Å². The van der Waals surface area contributed by atoms with Crippen molar-refractivity contribution in [3.05, 3.63) is 59.4 Å². The third-order valence-electron chi connectivity index (χ3n) is 3.87. The first-order valence-electron chi connectivity index (χ1n) is 8.05. The van der Waals surface area contributed by atoms with Gasteiger partial charge in [-0.05, 0) is 48.9 Å². The van der Waals surface area contributed by atoms with Crippen molar-refractivity contribution in [2.24, 2.45) is 5.14 Å². The molecule has 2 aromatic carbocycles. The molecule has 0 aliphatic heterocycles. The highest BCUT2D eigenvalue weighted by molar-refractivity contribution is 7.89. The molecular weight excluding hydrogens is 386 g/mol. The molecule has 0 amide bonds. The van der Waals surface area contributed by atoms with Crippen LogP contribution in [-0.4, -0.2) is 31.6 Å². The number of carbonyl (C=O) groups excluding carboxylic acids is 1. The Balaban J connectivity index is 1.69. The second kappa shape index (κ2) is 7.79. The lowest BCUT2D eigenvalue weighted by atomic mass is 10.1. The molecule has 0 fully saturated rings. The summed E-state index contributed by atoms with van der Waals surface area (Å²) in [6.45, 7) is 1.34. The van der Waals surface area contributed by atoms with E-state index in [-0.39, 0.29) is 28.8 Å². The average molecular weight is 403 g/mol. The Bertz CT molecular complexity index is 1110. The monoisotopic (exact) mass is 403 g/mol. The van der Waals surface area contributed by atoms with E-state index in [1.165, 1.54) is 18.2 Å². The van der Waals surface area contributed by atoms with Gasteiger partial charge in [0.15, 0.2) is 6.61 Å². The first kappa shape index (κ1) is 19.5. The zero-order chi connectivity index (χ0) is 20.3. The molecule has 28 heavy (non-hydrogen) atoms. The summed E-state index contributed by atoms with van der Waals surface area (Å²) in [5.74, 6) is 0.383. The van der Waals surface area contributed by atoms with E-state index in [1.54, 1.807) is 38.3 Å². The third kappa shape index (κ3) is 4.35. The largest absolute Gasteiger partial charge is 0.497 e. The van der Waals surface area contributed by atoms with E-state index in [0.717, 1.165) is 0 Å². The Kier molecular flexibility index (Phi) is 5.43. The van der Waals surface area contributed by atoms with Gasteiger partial charge in [-0.1, -0.05) is 11.2 Å². The molecule has 0 saturated carbocycles. The van der Waals surface area contributed by atoms with Gasteiger partial charge in [0.25, 0.3) is 5.89 Å². The van der Waals surface area contributed by atoms with Crippen molar-refractivity contribution in [3.63, 3.8) is 0 Å². The van der Waals surface area contributed by atoms with Gasteiger partial charge in [0.2, 0.25) is 15.8 Å². The molecule has 0 unspecified atom stereocenters. The number of aromatic nitrogens is 2. The van der Waals surface area contributed by atoms with E-state index < -0.39 is 16.0 Å². The topological polar surface area (TPSA) is 135 Å². The van der Waals surface area contributed by atoms with E-state index >= 15 is 0 Å². The zero-order valence-corrected chi connectivity index (χ0v) is 15.9. The molecule has 146 valence electrons. The van der Waals surface area contributed by atoms with Gasteiger partial charge in [-0.2, -0.15) is 4.98 Å². The number of aryl methyl sites for hydroxylation is 1. The Morgan fingerprint density at radius 2 is 1.89 bits per heavy atom. The summed E-state index contributed by atoms with van der Waals surface area (Å²) >= 11 is 0. The van der Waals surface area contributed by atoms with Crippen molar-refractivity contribution in [3.8, 4) is 17.2 Å². The molecule has 0 aliphatic carbocycles. The normalized spacial score (nSPS) is 11.2. The molecule has 0 bridgehead atoms. The van der Waals surface area contributed by atoms with Crippen molar-refractivity contribution >= 4 is 16.0 Å². The second-order valence-electron chi connectivity index (χ2n) is 5.85. The molecule has 0 radical (unpaired) electrons.